The van der Waals surface area contributed by atoms with Crippen LogP contribution < -0.4 is 16.0 Å². The standard InChI is InChI=1S/C18H26N4O2/c1-19-17(23)15-4-2-3-14(11-15)16-12-21-9-10-22(16)18(24)13-5-7-20-8-6-13/h2-4,11,13,16,20-21H,5-10,12H2,1H3,(H,19,23)/t16-/m1/s1. The van der Waals surface area contributed by atoms with Crippen molar-refractivity contribution in [2.75, 3.05) is 39.8 Å². The summed E-state index contributed by atoms with van der Waals surface area (Å²) in [6.45, 7) is 4.10. The highest BCUT2D eigenvalue weighted by Gasteiger charge is 2.33. The van der Waals surface area contributed by atoms with Crippen LogP contribution in [0.15, 0.2) is 24.3 Å². The topological polar surface area (TPSA) is 73.5 Å². The fraction of sp³-hybridized carbons (Fsp3) is 0.556. The number of amides is 2. The summed E-state index contributed by atoms with van der Waals surface area (Å²) in [6, 6.07) is 7.59. The lowest BCUT2D eigenvalue weighted by atomic mass is 9.93. The van der Waals surface area contributed by atoms with Gasteiger partial charge < -0.3 is 20.9 Å². The van der Waals surface area contributed by atoms with Crippen LogP contribution in [0, 0.1) is 5.92 Å². The second-order valence-electron chi connectivity index (χ2n) is 6.48. The van der Waals surface area contributed by atoms with E-state index in [1.54, 1.807) is 13.1 Å². The Morgan fingerprint density at radius 2 is 1.96 bits per heavy atom. The van der Waals surface area contributed by atoms with Crippen LogP contribution in [0.2, 0.25) is 0 Å². The third kappa shape index (κ3) is 3.60. The molecule has 0 unspecified atom stereocenters. The molecule has 24 heavy (non-hydrogen) atoms. The molecule has 2 aliphatic rings. The van der Waals surface area contributed by atoms with Gasteiger partial charge in [-0.05, 0) is 43.6 Å². The van der Waals surface area contributed by atoms with Gasteiger partial charge in [0, 0.05) is 38.2 Å². The van der Waals surface area contributed by atoms with Crippen LogP contribution in [-0.4, -0.2) is 56.5 Å². The van der Waals surface area contributed by atoms with E-state index in [0.29, 0.717) is 5.56 Å². The van der Waals surface area contributed by atoms with E-state index < -0.39 is 0 Å². The molecule has 0 radical (unpaired) electrons. The van der Waals surface area contributed by atoms with Crippen molar-refractivity contribution in [2.45, 2.75) is 18.9 Å². The van der Waals surface area contributed by atoms with Gasteiger partial charge >= 0.3 is 0 Å². The number of nitrogens with zero attached hydrogens (tertiary/aromatic N) is 1. The quantitative estimate of drug-likeness (QED) is 0.755. The summed E-state index contributed by atoms with van der Waals surface area (Å²) in [4.78, 5) is 26.9. The number of rotatable bonds is 3. The number of hydrogen-bond donors (Lipinski definition) is 3. The van der Waals surface area contributed by atoms with Crippen LogP contribution >= 0.6 is 0 Å². The third-order valence-corrected chi connectivity index (χ3v) is 4.98. The molecular weight excluding hydrogens is 304 g/mol. The Bertz CT molecular complexity index is 598. The number of carbonyl (C=O) groups excluding carboxylic acids is 2. The molecule has 0 saturated carbocycles. The Morgan fingerprint density at radius 1 is 1.17 bits per heavy atom. The number of hydrogen-bond acceptors (Lipinski definition) is 4. The van der Waals surface area contributed by atoms with Gasteiger partial charge in [-0.1, -0.05) is 12.1 Å². The van der Waals surface area contributed by atoms with Crippen LogP contribution in [0.3, 0.4) is 0 Å². The molecule has 2 saturated heterocycles. The normalized spacial score (nSPS) is 22.2. The molecule has 2 heterocycles. The van der Waals surface area contributed by atoms with E-state index in [1.165, 1.54) is 0 Å². The van der Waals surface area contributed by atoms with E-state index in [2.05, 4.69) is 16.0 Å². The maximum atomic E-state index is 13.0. The molecule has 1 aromatic rings. The zero-order chi connectivity index (χ0) is 16.9. The molecule has 0 aromatic heterocycles. The van der Waals surface area contributed by atoms with Gasteiger partial charge in [-0.15, -0.1) is 0 Å². The number of piperidine rings is 1. The summed E-state index contributed by atoms with van der Waals surface area (Å²) in [5.74, 6) is 0.277. The van der Waals surface area contributed by atoms with Crippen molar-refractivity contribution in [3.8, 4) is 0 Å². The fourth-order valence-corrected chi connectivity index (χ4v) is 3.60. The van der Waals surface area contributed by atoms with Gasteiger partial charge in [0.15, 0.2) is 0 Å². The lowest BCUT2D eigenvalue weighted by Gasteiger charge is -2.39. The Kier molecular flexibility index (Phi) is 5.48. The molecule has 2 fully saturated rings. The highest BCUT2D eigenvalue weighted by Crippen LogP contribution is 2.27. The molecule has 3 rings (SSSR count). The van der Waals surface area contributed by atoms with Crippen LogP contribution in [-0.2, 0) is 4.79 Å². The zero-order valence-electron chi connectivity index (χ0n) is 14.2. The van der Waals surface area contributed by atoms with E-state index in [1.807, 2.05) is 23.1 Å². The van der Waals surface area contributed by atoms with Crippen molar-refractivity contribution in [2.24, 2.45) is 5.92 Å². The Morgan fingerprint density at radius 3 is 2.71 bits per heavy atom. The average Bonchev–Trinajstić information content (AvgIpc) is 2.67. The Hall–Kier alpha value is -1.92. The van der Waals surface area contributed by atoms with Gasteiger partial charge in [0.25, 0.3) is 5.91 Å². The molecule has 0 bridgehead atoms. The minimum Gasteiger partial charge on any atom is -0.355 e. The first-order valence-corrected chi connectivity index (χ1v) is 8.74. The number of nitrogens with one attached hydrogen (secondary N) is 3. The highest BCUT2D eigenvalue weighted by molar-refractivity contribution is 5.94. The molecule has 0 aliphatic carbocycles. The first-order valence-electron chi connectivity index (χ1n) is 8.74. The lowest BCUT2D eigenvalue weighted by molar-refractivity contribution is -0.139. The van der Waals surface area contributed by atoms with Gasteiger partial charge in [-0.25, -0.2) is 0 Å². The molecule has 6 nitrogen and oxygen atoms in total. The van der Waals surface area contributed by atoms with E-state index in [4.69, 9.17) is 0 Å². The molecule has 6 heteroatoms. The van der Waals surface area contributed by atoms with Gasteiger partial charge in [0.2, 0.25) is 5.91 Å². The van der Waals surface area contributed by atoms with E-state index in [9.17, 15) is 9.59 Å². The van der Waals surface area contributed by atoms with Crippen molar-refractivity contribution in [1.29, 1.82) is 0 Å². The Balaban J connectivity index is 1.81. The maximum absolute atomic E-state index is 13.0. The average molecular weight is 330 g/mol. The summed E-state index contributed by atoms with van der Waals surface area (Å²) in [7, 11) is 1.63. The van der Waals surface area contributed by atoms with Crippen molar-refractivity contribution in [3.05, 3.63) is 35.4 Å². The molecule has 0 spiro atoms. The second-order valence-corrected chi connectivity index (χ2v) is 6.48. The van der Waals surface area contributed by atoms with E-state index in [0.717, 1.165) is 51.1 Å². The number of carbonyl (C=O) groups is 2. The minimum absolute atomic E-state index is 0.00857. The Labute approximate surface area is 143 Å². The van der Waals surface area contributed by atoms with Gasteiger partial charge in [-0.2, -0.15) is 0 Å². The first kappa shape index (κ1) is 16.9. The largest absolute Gasteiger partial charge is 0.355 e. The molecule has 1 atom stereocenters. The molecule has 2 aliphatic heterocycles. The smallest absolute Gasteiger partial charge is 0.251 e. The van der Waals surface area contributed by atoms with Crippen LogP contribution in [0.25, 0.3) is 0 Å². The SMILES string of the molecule is CNC(=O)c1cccc([C@H]2CNCCN2C(=O)C2CCNCC2)c1. The van der Waals surface area contributed by atoms with Gasteiger partial charge in [-0.3, -0.25) is 9.59 Å². The number of piperazine rings is 1. The molecule has 2 amide bonds. The second kappa shape index (κ2) is 7.77. The predicted octanol–water partition coefficient (Wildman–Crippen LogP) is 0.519. The molecule has 1 aromatic carbocycles. The predicted molar refractivity (Wildman–Crippen MR) is 92.7 cm³/mol. The van der Waals surface area contributed by atoms with Crippen LogP contribution in [0.1, 0.15) is 34.8 Å². The summed E-state index contributed by atoms with van der Waals surface area (Å²) >= 11 is 0. The lowest BCUT2D eigenvalue weighted by Crippen LogP contribution is -2.51. The van der Waals surface area contributed by atoms with E-state index >= 15 is 0 Å². The van der Waals surface area contributed by atoms with Crippen molar-refractivity contribution < 1.29 is 9.59 Å². The zero-order valence-corrected chi connectivity index (χ0v) is 14.2. The van der Waals surface area contributed by atoms with Crippen LogP contribution in [0.5, 0.6) is 0 Å². The summed E-state index contributed by atoms with van der Waals surface area (Å²) in [5.41, 5.74) is 1.65. The van der Waals surface area contributed by atoms with Gasteiger partial charge in [0.05, 0.1) is 6.04 Å². The molecular formula is C18H26N4O2. The summed E-state index contributed by atoms with van der Waals surface area (Å²) in [5, 5.41) is 9.35. The molecule has 3 N–H and O–H groups in total. The summed E-state index contributed by atoms with van der Waals surface area (Å²) in [6.07, 6.45) is 1.82. The number of benzene rings is 1. The third-order valence-electron chi connectivity index (χ3n) is 4.98. The monoisotopic (exact) mass is 330 g/mol. The molecule has 130 valence electrons. The maximum Gasteiger partial charge on any atom is 0.251 e. The summed E-state index contributed by atoms with van der Waals surface area (Å²) < 4.78 is 0. The van der Waals surface area contributed by atoms with Crippen molar-refractivity contribution >= 4 is 11.8 Å². The van der Waals surface area contributed by atoms with E-state index in [-0.39, 0.29) is 23.8 Å². The van der Waals surface area contributed by atoms with Crippen molar-refractivity contribution in [1.82, 2.24) is 20.9 Å². The highest BCUT2D eigenvalue weighted by atomic mass is 16.2. The fourth-order valence-electron chi connectivity index (χ4n) is 3.60. The van der Waals surface area contributed by atoms with Crippen LogP contribution in [0.4, 0.5) is 0 Å². The van der Waals surface area contributed by atoms with Crippen molar-refractivity contribution in [3.63, 3.8) is 0 Å². The first-order chi connectivity index (χ1) is 11.7. The van der Waals surface area contributed by atoms with Gasteiger partial charge in [0.1, 0.15) is 0 Å². The minimum atomic E-state index is -0.100.